The second-order valence-electron chi connectivity index (χ2n) is 5.81. The van der Waals surface area contributed by atoms with Gasteiger partial charge in [0.1, 0.15) is 6.54 Å². The second-order valence-corrected chi connectivity index (χ2v) is 8.96. The lowest BCUT2D eigenvalue weighted by molar-refractivity contribution is -0.133. The maximum absolute atomic E-state index is 12.6. The molecule has 8 heteroatoms. The van der Waals surface area contributed by atoms with Crippen molar-refractivity contribution < 1.29 is 13.2 Å². The van der Waals surface area contributed by atoms with E-state index in [0.29, 0.717) is 17.4 Å². The number of hydrogen-bond acceptors (Lipinski definition) is 4. The van der Waals surface area contributed by atoms with Gasteiger partial charge in [-0.2, -0.15) is 0 Å². The Morgan fingerprint density at radius 3 is 2.78 bits per heavy atom. The summed E-state index contributed by atoms with van der Waals surface area (Å²) in [5, 5.41) is 0. The summed E-state index contributed by atoms with van der Waals surface area (Å²) in [4.78, 5) is 26.1. The van der Waals surface area contributed by atoms with Crippen LogP contribution < -0.4 is 5.56 Å². The number of unbranched alkanes of at least 4 members (excludes halogenated alkanes) is 1. The van der Waals surface area contributed by atoms with Gasteiger partial charge in [0.05, 0.1) is 11.5 Å². The van der Waals surface area contributed by atoms with Gasteiger partial charge in [0.25, 0.3) is 5.56 Å². The Bertz CT molecular complexity index is 729. The molecule has 1 atom stereocenters. The topological polar surface area (TPSA) is 76.5 Å². The molecule has 1 aliphatic heterocycles. The van der Waals surface area contributed by atoms with E-state index < -0.39 is 9.84 Å². The van der Waals surface area contributed by atoms with Crippen LogP contribution >= 0.6 is 15.9 Å². The Balaban J connectivity index is 2.16. The van der Waals surface area contributed by atoms with E-state index in [1.165, 1.54) is 10.6 Å². The fourth-order valence-electron chi connectivity index (χ4n) is 2.72. The van der Waals surface area contributed by atoms with Crippen molar-refractivity contribution in [2.75, 3.05) is 18.1 Å². The van der Waals surface area contributed by atoms with Gasteiger partial charge in [-0.15, -0.1) is 0 Å². The van der Waals surface area contributed by atoms with Crippen LogP contribution in [0.25, 0.3) is 0 Å². The van der Waals surface area contributed by atoms with Gasteiger partial charge in [0.2, 0.25) is 5.91 Å². The Morgan fingerprint density at radius 1 is 1.43 bits per heavy atom. The van der Waals surface area contributed by atoms with Crippen molar-refractivity contribution in [1.29, 1.82) is 0 Å². The number of pyridine rings is 1. The maximum atomic E-state index is 12.6. The third-order valence-corrected chi connectivity index (χ3v) is 6.19. The number of carbonyl (C=O) groups is 1. The summed E-state index contributed by atoms with van der Waals surface area (Å²) in [7, 11) is -3.06. The molecule has 0 radical (unpaired) electrons. The van der Waals surface area contributed by atoms with Gasteiger partial charge >= 0.3 is 0 Å². The van der Waals surface area contributed by atoms with E-state index in [0.717, 1.165) is 12.8 Å². The summed E-state index contributed by atoms with van der Waals surface area (Å²) in [5.74, 6) is -0.0546. The van der Waals surface area contributed by atoms with E-state index >= 15 is 0 Å². The van der Waals surface area contributed by atoms with Crippen LogP contribution in [0.15, 0.2) is 27.6 Å². The molecule has 6 nitrogen and oxygen atoms in total. The van der Waals surface area contributed by atoms with Crippen molar-refractivity contribution in [3.05, 3.63) is 33.2 Å². The first-order chi connectivity index (χ1) is 10.8. The molecule has 128 valence electrons. The van der Waals surface area contributed by atoms with Crippen LogP contribution in [-0.2, 0) is 21.2 Å². The molecule has 0 bridgehead atoms. The number of sulfone groups is 1. The summed E-state index contributed by atoms with van der Waals surface area (Å²) < 4.78 is 25.5. The lowest BCUT2D eigenvalue weighted by atomic mass is 10.2. The van der Waals surface area contributed by atoms with Crippen molar-refractivity contribution in [1.82, 2.24) is 9.47 Å². The van der Waals surface area contributed by atoms with Gasteiger partial charge < -0.3 is 9.47 Å². The third kappa shape index (κ3) is 4.91. The summed E-state index contributed by atoms with van der Waals surface area (Å²) >= 11 is 3.28. The van der Waals surface area contributed by atoms with Crippen LogP contribution in [0.1, 0.15) is 26.2 Å². The highest BCUT2D eigenvalue weighted by molar-refractivity contribution is 9.10. The molecule has 1 aromatic heterocycles. The van der Waals surface area contributed by atoms with Crippen molar-refractivity contribution in [3.8, 4) is 0 Å². The van der Waals surface area contributed by atoms with E-state index in [-0.39, 0.29) is 35.6 Å². The van der Waals surface area contributed by atoms with Crippen LogP contribution in [0.3, 0.4) is 0 Å². The van der Waals surface area contributed by atoms with Crippen LogP contribution in [0, 0.1) is 0 Å². The number of aromatic nitrogens is 1. The highest BCUT2D eigenvalue weighted by atomic mass is 79.9. The van der Waals surface area contributed by atoms with Gasteiger partial charge in [-0.1, -0.05) is 13.3 Å². The van der Waals surface area contributed by atoms with Gasteiger partial charge in [-0.3, -0.25) is 9.59 Å². The van der Waals surface area contributed by atoms with Gasteiger partial charge in [0, 0.05) is 29.3 Å². The molecule has 2 rings (SSSR count). The fraction of sp³-hybridized carbons (Fsp3) is 0.600. The molecule has 0 saturated carbocycles. The molecule has 0 aliphatic carbocycles. The first kappa shape index (κ1) is 18.2. The molecule has 0 spiro atoms. The Kier molecular flexibility index (Phi) is 6.02. The summed E-state index contributed by atoms with van der Waals surface area (Å²) in [6.45, 7) is 2.48. The normalized spacial score (nSPS) is 19.7. The molecular weight excluding hydrogens is 384 g/mol. The zero-order valence-electron chi connectivity index (χ0n) is 13.1. The van der Waals surface area contributed by atoms with Crippen LogP contribution in [0.4, 0.5) is 0 Å². The fourth-order valence-corrected chi connectivity index (χ4v) is 4.83. The molecular formula is C15H21BrN2O4S. The number of amides is 1. The third-order valence-electron chi connectivity index (χ3n) is 3.98. The predicted octanol–water partition coefficient (Wildman–Crippen LogP) is 1.43. The zero-order valence-corrected chi connectivity index (χ0v) is 15.5. The standard InChI is InChI=1S/C15H21BrN2O4S/c1-2-3-7-18(13-6-8-23(21,22)11-13)15(20)10-17-9-12(16)4-5-14(17)19/h4-5,9,13H,2-3,6-8,10-11H2,1H3. The number of carbonyl (C=O) groups excluding carboxylic acids is 1. The summed E-state index contributed by atoms with van der Waals surface area (Å²) in [6, 6.07) is 2.75. The largest absolute Gasteiger partial charge is 0.337 e. The van der Waals surface area contributed by atoms with Crippen molar-refractivity contribution in [3.63, 3.8) is 0 Å². The van der Waals surface area contributed by atoms with Gasteiger partial charge in [-0.25, -0.2) is 8.42 Å². The molecule has 1 unspecified atom stereocenters. The molecule has 1 aromatic rings. The Hall–Kier alpha value is -1.15. The first-order valence-corrected chi connectivity index (χ1v) is 10.3. The minimum Gasteiger partial charge on any atom is -0.337 e. The van der Waals surface area contributed by atoms with Gasteiger partial charge in [-0.05, 0) is 34.8 Å². The van der Waals surface area contributed by atoms with Crippen molar-refractivity contribution in [2.24, 2.45) is 0 Å². The molecule has 1 amide bonds. The minimum atomic E-state index is -3.06. The van der Waals surface area contributed by atoms with E-state index in [1.54, 1.807) is 17.2 Å². The monoisotopic (exact) mass is 404 g/mol. The number of rotatable bonds is 6. The maximum Gasteiger partial charge on any atom is 0.251 e. The lowest BCUT2D eigenvalue weighted by Crippen LogP contribution is -2.44. The number of nitrogens with zero attached hydrogens (tertiary/aromatic N) is 2. The van der Waals surface area contributed by atoms with Crippen LogP contribution in [0.2, 0.25) is 0 Å². The quantitative estimate of drug-likeness (QED) is 0.718. The SMILES string of the molecule is CCCCN(C(=O)Cn1cc(Br)ccc1=O)C1CCS(=O)(=O)C1. The molecule has 0 aromatic carbocycles. The van der Waals surface area contributed by atoms with E-state index in [1.807, 2.05) is 6.92 Å². The molecule has 23 heavy (non-hydrogen) atoms. The summed E-state index contributed by atoms with van der Waals surface area (Å²) in [5.41, 5.74) is -0.254. The van der Waals surface area contributed by atoms with E-state index in [9.17, 15) is 18.0 Å². The Morgan fingerprint density at radius 2 is 2.17 bits per heavy atom. The lowest BCUT2D eigenvalue weighted by Gasteiger charge is -2.28. The van der Waals surface area contributed by atoms with Crippen LogP contribution in [-0.4, -0.2) is 47.9 Å². The molecule has 1 fully saturated rings. The average molecular weight is 405 g/mol. The van der Waals surface area contributed by atoms with Crippen molar-refractivity contribution >= 4 is 31.7 Å². The Labute approximate surface area is 144 Å². The average Bonchev–Trinajstić information content (AvgIpc) is 2.83. The van der Waals surface area contributed by atoms with E-state index in [2.05, 4.69) is 15.9 Å². The highest BCUT2D eigenvalue weighted by Crippen LogP contribution is 2.19. The highest BCUT2D eigenvalue weighted by Gasteiger charge is 2.34. The minimum absolute atomic E-state index is 0.0236. The second kappa shape index (κ2) is 7.61. The molecule has 1 aliphatic rings. The summed E-state index contributed by atoms with van der Waals surface area (Å²) in [6.07, 6.45) is 3.78. The number of halogens is 1. The van der Waals surface area contributed by atoms with Gasteiger partial charge in [0.15, 0.2) is 9.84 Å². The smallest absolute Gasteiger partial charge is 0.251 e. The molecule has 2 heterocycles. The predicted molar refractivity (Wildman–Crippen MR) is 92.1 cm³/mol. The van der Waals surface area contributed by atoms with Crippen molar-refractivity contribution in [2.45, 2.75) is 38.8 Å². The van der Waals surface area contributed by atoms with E-state index in [4.69, 9.17) is 0 Å². The molecule has 0 N–H and O–H groups in total. The zero-order chi connectivity index (χ0) is 17.0. The molecule has 1 saturated heterocycles. The first-order valence-electron chi connectivity index (χ1n) is 7.68. The number of hydrogen-bond donors (Lipinski definition) is 0. The van der Waals surface area contributed by atoms with Crippen LogP contribution in [0.5, 0.6) is 0 Å².